The Morgan fingerprint density at radius 3 is 2.57 bits per heavy atom. The van der Waals surface area contributed by atoms with Gasteiger partial charge in [0.25, 0.3) is 0 Å². The molecule has 4 unspecified atom stereocenters. The molecule has 4 atom stereocenters. The monoisotopic (exact) mass is 599 g/mol. The Hall–Kier alpha value is -3.19. The van der Waals surface area contributed by atoms with Crippen LogP contribution in [0.1, 0.15) is 96.5 Å². The topological polar surface area (TPSA) is 60.8 Å². The van der Waals surface area contributed by atoms with Crippen LogP contribution in [-0.2, 0) is 19.4 Å². The molecular weight excluding hydrogens is 556 g/mol. The van der Waals surface area contributed by atoms with Crippen molar-refractivity contribution < 1.29 is 23.8 Å². The lowest BCUT2D eigenvalue weighted by atomic mass is 9.64. The Balaban J connectivity index is 1.41. The van der Waals surface area contributed by atoms with Gasteiger partial charge in [0.05, 0.1) is 11.7 Å². The van der Waals surface area contributed by atoms with Gasteiger partial charge < -0.3 is 10.2 Å². The summed E-state index contributed by atoms with van der Waals surface area (Å²) in [5.74, 6) is -2.55. The van der Waals surface area contributed by atoms with E-state index in [0.29, 0.717) is 37.8 Å². The molecule has 4 aliphatic rings. The van der Waals surface area contributed by atoms with Gasteiger partial charge >= 0.3 is 0 Å². The first-order valence-electron chi connectivity index (χ1n) is 16.0. The van der Waals surface area contributed by atoms with E-state index in [1.165, 1.54) is 22.8 Å². The van der Waals surface area contributed by atoms with Gasteiger partial charge in [0.1, 0.15) is 0 Å². The van der Waals surface area contributed by atoms with Crippen molar-refractivity contribution in [3.8, 4) is 0 Å². The lowest BCUT2D eigenvalue weighted by Gasteiger charge is -2.47. The first-order valence-corrected chi connectivity index (χ1v) is 16.0. The maximum atomic E-state index is 14.3. The van der Waals surface area contributed by atoms with Gasteiger partial charge in [-0.15, -0.1) is 0 Å². The molecule has 1 fully saturated rings. The number of hydrogen-bond donors (Lipinski definition) is 2. The number of β-amino-alcohol motifs (C(OH)–C–C–N with tert-alkyl or cyclic N) is 1. The Morgan fingerprint density at radius 2 is 1.77 bits per heavy atom. The molecule has 0 radical (unpaired) electrons. The van der Waals surface area contributed by atoms with Crippen LogP contribution in [0.5, 0.6) is 0 Å². The number of allylic oxidation sites excluding steroid dienone is 2. The van der Waals surface area contributed by atoms with Crippen molar-refractivity contribution in [2.75, 3.05) is 13.1 Å². The number of aliphatic hydroxyl groups is 2. The lowest BCUT2D eigenvalue weighted by molar-refractivity contribution is -0.0856. The number of nitrogens with zero attached hydrogens (tertiary/aromatic N) is 1. The Bertz CT molecular complexity index is 1580. The molecule has 232 valence electrons. The molecule has 3 aliphatic carbocycles. The summed E-state index contributed by atoms with van der Waals surface area (Å²) in [7, 11) is 0. The van der Waals surface area contributed by atoms with Gasteiger partial charge in [-0.3, -0.25) is 9.69 Å². The number of carbonyl (C=O) groups excluding carboxylic acids is 1. The minimum atomic E-state index is -1.06. The highest BCUT2D eigenvalue weighted by Crippen LogP contribution is 2.59. The van der Waals surface area contributed by atoms with Gasteiger partial charge in [-0.05, 0) is 111 Å². The van der Waals surface area contributed by atoms with Gasteiger partial charge in [0.15, 0.2) is 17.4 Å². The average molecular weight is 600 g/mol. The Kier molecular flexibility index (Phi) is 8.62. The molecule has 1 saturated carbocycles. The molecule has 0 aromatic heterocycles. The van der Waals surface area contributed by atoms with E-state index in [-0.39, 0.29) is 17.3 Å². The standard InChI is InChI=1S/C38H43F2NO3/c1-25-6-5-17-37(2)33(15-18-38(37,44)24-41-19-16-27-7-3-4-8-29(27)23-41)31-13-10-26(20-30(42)12-9-25)21-32(31)36(43)28-11-14-34(39)35(40)22-28/h3-4,6-8,10-11,13-14,21-22,30,33,42,44H,5,9,12,15-20,23-24H2,1-2H3. The number of hydrogen-bond acceptors (Lipinski definition) is 4. The molecule has 1 heterocycles. The Morgan fingerprint density at radius 1 is 0.977 bits per heavy atom. The van der Waals surface area contributed by atoms with Crippen molar-refractivity contribution in [3.63, 3.8) is 0 Å². The summed E-state index contributed by atoms with van der Waals surface area (Å²) in [4.78, 5) is 16.4. The molecule has 3 aromatic carbocycles. The second-order valence-electron chi connectivity index (χ2n) is 13.6. The summed E-state index contributed by atoms with van der Waals surface area (Å²) >= 11 is 0. The third-order valence-corrected chi connectivity index (χ3v) is 10.8. The maximum Gasteiger partial charge on any atom is 0.193 e. The van der Waals surface area contributed by atoms with Crippen LogP contribution >= 0.6 is 0 Å². The van der Waals surface area contributed by atoms with Gasteiger partial charge in [-0.1, -0.05) is 55.0 Å². The minimum absolute atomic E-state index is 0.0875. The smallest absolute Gasteiger partial charge is 0.193 e. The summed E-state index contributed by atoms with van der Waals surface area (Å²) in [6, 6.07) is 17.6. The molecule has 2 N–H and O–H groups in total. The van der Waals surface area contributed by atoms with E-state index < -0.39 is 28.8 Å². The largest absolute Gasteiger partial charge is 0.393 e. The normalized spacial score (nSPS) is 27.7. The zero-order chi connectivity index (χ0) is 31.1. The van der Waals surface area contributed by atoms with Crippen molar-refractivity contribution >= 4 is 5.78 Å². The fourth-order valence-electron chi connectivity index (χ4n) is 8.05. The highest BCUT2D eigenvalue weighted by atomic mass is 19.2. The number of ketones is 1. The van der Waals surface area contributed by atoms with Crippen LogP contribution in [0.15, 0.2) is 72.3 Å². The van der Waals surface area contributed by atoms with E-state index in [1.54, 1.807) is 0 Å². The zero-order valence-electron chi connectivity index (χ0n) is 25.8. The molecule has 44 heavy (non-hydrogen) atoms. The second kappa shape index (κ2) is 12.3. The maximum absolute atomic E-state index is 14.3. The minimum Gasteiger partial charge on any atom is -0.393 e. The first-order chi connectivity index (χ1) is 21.1. The lowest BCUT2D eigenvalue weighted by Crippen LogP contribution is -2.53. The number of benzene rings is 3. The predicted molar refractivity (Wildman–Crippen MR) is 169 cm³/mol. The van der Waals surface area contributed by atoms with Crippen LogP contribution in [0.3, 0.4) is 0 Å². The fraction of sp³-hybridized carbons (Fsp3) is 0.447. The predicted octanol–water partition coefficient (Wildman–Crippen LogP) is 7.29. The fourth-order valence-corrected chi connectivity index (χ4v) is 8.05. The van der Waals surface area contributed by atoms with Crippen molar-refractivity contribution in [1.29, 1.82) is 0 Å². The van der Waals surface area contributed by atoms with Gasteiger partial charge in [-0.25, -0.2) is 8.78 Å². The van der Waals surface area contributed by atoms with Gasteiger partial charge in [0, 0.05) is 36.2 Å². The summed E-state index contributed by atoms with van der Waals surface area (Å²) < 4.78 is 28.1. The van der Waals surface area contributed by atoms with Gasteiger partial charge in [-0.2, -0.15) is 0 Å². The number of rotatable bonds is 4. The van der Waals surface area contributed by atoms with Crippen molar-refractivity contribution in [3.05, 3.63) is 117 Å². The summed E-state index contributed by atoms with van der Waals surface area (Å²) in [5.41, 5.74) is 4.57. The number of carbonyl (C=O) groups is 1. The summed E-state index contributed by atoms with van der Waals surface area (Å²) in [6.07, 6.45) is 7.25. The number of aliphatic hydroxyl groups excluding tert-OH is 1. The molecule has 3 aromatic rings. The van der Waals surface area contributed by atoms with Crippen LogP contribution in [0.2, 0.25) is 0 Å². The van der Waals surface area contributed by atoms with Crippen molar-refractivity contribution in [1.82, 2.24) is 4.90 Å². The highest BCUT2D eigenvalue weighted by Gasteiger charge is 2.57. The molecule has 7 rings (SSSR count). The van der Waals surface area contributed by atoms with E-state index in [4.69, 9.17) is 0 Å². The molecule has 4 nitrogen and oxygen atoms in total. The molecule has 2 bridgehead atoms. The highest BCUT2D eigenvalue weighted by molar-refractivity contribution is 6.10. The van der Waals surface area contributed by atoms with E-state index in [2.05, 4.69) is 49.1 Å². The molecule has 1 aliphatic heterocycles. The van der Waals surface area contributed by atoms with Crippen molar-refractivity contribution in [2.45, 2.75) is 89.4 Å². The average Bonchev–Trinajstić information content (AvgIpc) is 3.25. The summed E-state index contributed by atoms with van der Waals surface area (Å²) in [6.45, 7) is 6.52. The van der Waals surface area contributed by atoms with Crippen LogP contribution < -0.4 is 0 Å². The third-order valence-electron chi connectivity index (χ3n) is 10.8. The van der Waals surface area contributed by atoms with E-state index >= 15 is 0 Å². The van der Waals surface area contributed by atoms with E-state index in [9.17, 15) is 23.8 Å². The van der Waals surface area contributed by atoms with Crippen LogP contribution in [0.4, 0.5) is 8.78 Å². The van der Waals surface area contributed by atoms with Crippen LogP contribution in [0.25, 0.3) is 0 Å². The molecule has 0 saturated heterocycles. The van der Waals surface area contributed by atoms with Gasteiger partial charge in [0.2, 0.25) is 0 Å². The third kappa shape index (κ3) is 5.92. The molecule has 0 spiro atoms. The van der Waals surface area contributed by atoms with E-state index in [1.807, 2.05) is 18.2 Å². The van der Waals surface area contributed by atoms with Crippen LogP contribution in [0, 0.1) is 17.0 Å². The van der Waals surface area contributed by atoms with Crippen LogP contribution in [-0.4, -0.2) is 45.7 Å². The quantitative estimate of drug-likeness (QED) is 0.244. The van der Waals surface area contributed by atoms with Crippen molar-refractivity contribution in [2.24, 2.45) is 5.41 Å². The first kappa shape index (κ1) is 30.8. The molecule has 6 heteroatoms. The number of halogens is 2. The second-order valence-corrected chi connectivity index (χ2v) is 13.6. The number of fused-ring (bicyclic) bond motifs is 9. The van der Waals surface area contributed by atoms with E-state index in [0.717, 1.165) is 62.0 Å². The Labute approximate surface area is 259 Å². The SMILES string of the molecule is CC1=CCCC2(C)C(CCC2(O)CN2CCc3ccccc3C2)c2ccc(cc2C(=O)c2ccc(F)c(F)c2)CC(O)CC1. The molecular formula is C38H43F2NO3. The summed E-state index contributed by atoms with van der Waals surface area (Å²) in [5, 5.41) is 23.5. The molecule has 0 amide bonds. The zero-order valence-corrected chi connectivity index (χ0v) is 25.8.